The van der Waals surface area contributed by atoms with Crippen molar-refractivity contribution in [3.8, 4) is 0 Å². The molecule has 1 unspecified atom stereocenters. The van der Waals surface area contributed by atoms with Crippen molar-refractivity contribution in [2.24, 2.45) is 5.73 Å². The molecule has 0 aromatic heterocycles. The highest BCUT2D eigenvalue weighted by atomic mass is 35.5. The number of nitrogens with two attached hydrogens (primary N) is 1. The Balaban J connectivity index is 2.46. The number of amides is 1. The summed E-state index contributed by atoms with van der Waals surface area (Å²) in [6, 6.07) is 7.44. The summed E-state index contributed by atoms with van der Waals surface area (Å²) in [6.45, 7) is 3.76. The molecular formula is C14H22ClN3O. The number of nitrogens with one attached hydrogen (secondary N) is 1. The van der Waals surface area contributed by atoms with Crippen molar-refractivity contribution in [2.75, 3.05) is 26.7 Å². The highest BCUT2D eigenvalue weighted by Crippen LogP contribution is 2.21. The number of carbonyl (C=O) groups is 1. The second kappa shape index (κ2) is 8.15. The summed E-state index contributed by atoms with van der Waals surface area (Å²) in [5.41, 5.74) is 6.37. The molecule has 0 heterocycles. The third-order valence-corrected chi connectivity index (χ3v) is 3.25. The summed E-state index contributed by atoms with van der Waals surface area (Å²) in [5, 5.41) is 3.62. The molecule has 1 atom stereocenters. The van der Waals surface area contributed by atoms with Crippen molar-refractivity contribution < 1.29 is 4.79 Å². The molecule has 0 fully saturated rings. The van der Waals surface area contributed by atoms with Crippen LogP contribution < -0.4 is 11.1 Å². The number of rotatable bonds is 7. The molecule has 1 amide bonds. The zero-order chi connectivity index (χ0) is 14.3. The van der Waals surface area contributed by atoms with E-state index in [0.717, 1.165) is 18.5 Å². The van der Waals surface area contributed by atoms with E-state index in [1.807, 2.05) is 43.1 Å². The van der Waals surface area contributed by atoms with Crippen LogP contribution in [0.1, 0.15) is 24.9 Å². The average Bonchev–Trinajstić information content (AvgIpc) is 2.36. The van der Waals surface area contributed by atoms with Gasteiger partial charge in [-0.15, -0.1) is 0 Å². The van der Waals surface area contributed by atoms with Gasteiger partial charge >= 0.3 is 0 Å². The first-order valence-corrected chi connectivity index (χ1v) is 6.84. The Kier molecular flexibility index (Phi) is 6.84. The molecule has 1 aromatic carbocycles. The van der Waals surface area contributed by atoms with Crippen molar-refractivity contribution in [1.82, 2.24) is 10.2 Å². The Morgan fingerprint density at radius 1 is 1.47 bits per heavy atom. The van der Waals surface area contributed by atoms with Gasteiger partial charge in [0.15, 0.2) is 0 Å². The fourth-order valence-corrected chi connectivity index (χ4v) is 2.18. The van der Waals surface area contributed by atoms with Crippen LogP contribution in [0.25, 0.3) is 0 Å². The lowest BCUT2D eigenvalue weighted by molar-refractivity contribution is -0.122. The minimum atomic E-state index is -0.0934. The van der Waals surface area contributed by atoms with Gasteiger partial charge in [-0.05, 0) is 45.1 Å². The number of halogens is 1. The summed E-state index contributed by atoms with van der Waals surface area (Å²) in [7, 11) is 1.91. The highest BCUT2D eigenvalue weighted by Gasteiger charge is 2.13. The summed E-state index contributed by atoms with van der Waals surface area (Å²) >= 11 is 6.10. The van der Waals surface area contributed by atoms with E-state index < -0.39 is 0 Å². The monoisotopic (exact) mass is 283 g/mol. The third kappa shape index (κ3) is 5.59. The van der Waals surface area contributed by atoms with Crippen LogP contribution in [0.2, 0.25) is 5.02 Å². The van der Waals surface area contributed by atoms with Gasteiger partial charge in [0.2, 0.25) is 5.91 Å². The van der Waals surface area contributed by atoms with E-state index in [2.05, 4.69) is 5.32 Å². The van der Waals surface area contributed by atoms with Crippen LogP contribution in [0.15, 0.2) is 24.3 Å². The van der Waals surface area contributed by atoms with Gasteiger partial charge in [-0.3, -0.25) is 9.69 Å². The number of hydrogen-bond acceptors (Lipinski definition) is 3. The maximum Gasteiger partial charge on any atom is 0.234 e. The lowest BCUT2D eigenvalue weighted by Gasteiger charge is -2.19. The molecule has 0 saturated heterocycles. The maximum atomic E-state index is 11.9. The summed E-state index contributed by atoms with van der Waals surface area (Å²) in [6.07, 6.45) is 0.893. The smallest absolute Gasteiger partial charge is 0.234 e. The number of hydrogen-bond donors (Lipinski definition) is 2. The van der Waals surface area contributed by atoms with Gasteiger partial charge < -0.3 is 11.1 Å². The largest absolute Gasteiger partial charge is 0.348 e. The molecule has 3 N–H and O–H groups in total. The first-order chi connectivity index (χ1) is 9.04. The van der Waals surface area contributed by atoms with Crippen LogP contribution in [-0.4, -0.2) is 37.5 Å². The van der Waals surface area contributed by atoms with Crippen molar-refractivity contribution in [3.63, 3.8) is 0 Å². The molecule has 5 heteroatoms. The molecule has 0 aliphatic rings. The molecule has 0 bridgehead atoms. The van der Waals surface area contributed by atoms with Gasteiger partial charge in [0, 0.05) is 5.02 Å². The molecule has 0 aliphatic carbocycles. The Bertz CT molecular complexity index is 411. The first kappa shape index (κ1) is 16.0. The van der Waals surface area contributed by atoms with Gasteiger partial charge in [-0.25, -0.2) is 0 Å². The number of benzene rings is 1. The van der Waals surface area contributed by atoms with E-state index in [9.17, 15) is 4.79 Å². The second-order valence-corrected chi connectivity index (χ2v) is 5.10. The lowest BCUT2D eigenvalue weighted by Crippen LogP contribution is -2.37. The molecular weight excluding hydrogens is 262 g/mol. The molecule has 1 rings (SSSR count). The fourth-order valence-electron chi connectivity index (χ4n) is 1.88. The normalized spacial score (nSPS) is 12.5. The molecule has 0 aliphatic heterocycles. The Labute approximate surface area is 119 Å². The molecule has 0 saturated carbocycles. The lowest BCUT2D eigenvalue weighted by atomic mass is 10.1. The predicted molar refractivity (Wildman–Crippen MR) is 79.2 cm³/mol. The van der Waals surface area contributed by atoms with E-state index in [1.165, 1.54) is 0 Å². The van der Waals surface area contributed by atoms with Crippen molar-refractivity contribution in [3.05, 3.63) is 34.9 Å². The maximum absolute atomic E-state index is 11.9. The Morgan fingerprint density at radius 2 is 2.16 bits per heavy atom. The topological polar surface area (TPSA) is 58.4 Å². The third-order valence-electron chi connectivity index (χ3n) is 2.91. The molecule has 19 heavy (non-hydrogen) atoms. The van der Waals surface area contributed by atoms with Crippen molar-refractivity contribution in [1.29, 1.82) is 0 Å². The van der Waals surface area contributed by atoms with E-state index in [0.29, 0.717) is 18.1 Å². The summed E-state index contributed by atoms with van der Waals surface area (Å²) in [4.78, 5) is 13.8. The Morgan fingerprint density at radius 3 is 2.79 bits per heavy atom. The van der Waals surface area contributed by atoms with Gasteiger partial charge in [0.1, 0.15) is 0 Å². The predicted octanol–water partition coefficient (Wildman–Crippen LogP) is 1.80. The van der Waals surface area contributed by atoms with Crippen LogP contribution in [-0.2, 0) is 4.79 Å². The summed E-state index contributed by atoms with van der Waals surface area (Å²) < 4.78 is 0. The van der Waals surface area contributed by atoms with Crippen LogP contribution in [0.5, 0.6) is 0 Å². The average molecular weight is 284 g/mol. The molecule has 0 radical (unpaired) electrons. The van der Waals surface area contributed by atoms with E-state index in [-0.39, 0.29) is 11.9 Å². The van der Waals surface area contributed by atoms with E-state index >= 15 is 0 Å². The standard InChI is InChI=1S/C14H22ClN3O/c1-11(12-6-3-4-7-13(12)15)17-14(19)10-18(2)9-5-8-16/h3-4,6-7,11H,5,8-10,16H2,1-2H3,(H,17,19). The van der Waals surface area contributed by atoms with Crippen molar-refractivity contribution >= 4 is 17.5 Å². The second-order valence-electron chi connectivity index (χ2n) is 4.69. The Hall–Kier alpha value is -1.10. The van der Waals surface area contributed by atoms with Crippen LogP contribution in [0, 0.1) is 0 Å². The first-order valence-electron chi connectivity index (χ1n) is 6.47. The molecule has 4 nitrogen and oxygen atoms in total. The molecule has 106 valence electrons. The van der Waals surface area contributed by atoms with Gasteiger partial charge in [0.05, 0.1) is 12.6 Å². The molecule has 1 aromatic rings. The highest BCUT2D eigenvalue weighted by molar-refractivity contribution is 6.31. The van der Waals surface area contributed by atoms with Crippen LogP contribution in [0.4, 0.5) is 0 Å². The van der Waals surface area contributed by atoms with Crippen LogP contribution >= 0.6 is 11.6 Å². The minimum absolute atomic E-state index is 0.00746. The van der Waals surface area contributed by atoms with Gasteiger partial charge in [-0.2, -0.15) is 0 Å². The zero-order valence-electron chi connectivity index (χ0n) is 11.5. The van der Waals surface area contributed by atoms with Gasteiger partial charge in [0.25, 0.3) is 0 Å². The number of likely N-dealkylation sites (N-methyl/N-ethyl adjacent to an activating group) is 1. The van der Waals surface area contributed by atoms with E-state index in [4.69, 9.17) is 17.3 Å². The zero-order valence-corrected chi connectivity index (χ0v) is 12.3. The molecule has 0 spiro atoms. The van der Waals surface area contributed by atoms with Gasteiger partial charge in [-0.1, -0.05) is 29.8 Å². The quantitative estimate of drug-likeness (QED) is 0.802. The minimum Gasteiger partial charge on any atom is -0.348 e. The van der Waals surface area contributed by atoms with Crippen LogP contribution in [0.3, 0.4) is 0 Å². The summed E-state index contributed by atoms with van der Waals surface area (Å²) in [5.74, 6) is -0.00746. The number of carbonyl (C=O) groups excluding carboxylic acids is 1. The SMILES string of the molecule is CC(NC(=O)CN(C)CCCN)c1ccccc1Cl. The number of nitrogens with zero attached hydrogens (tertiary/aromatic N) is 1. The van der Waals surface area contributed by atoms with E-state index in [1.54, 1.807) is 0 Å². The van der Waals surface area contributed by atoms with Crippen molar-refractivity contribution in [2.45, 2.75) is 19.4 Å². The fraction of sp³-hybridized carbons (Fsp3) is 0.500.